The number of alkyl halides is 3. The van der Waals surface area contributed by atoms with Gasteiger partial charge in [0.1, 0.15) is 0 Å². The molecule has 1 N–H and O–H groups in total. The average molecular weight is 432 g/mol. The second-order valence-electron chi connectivity index (χ2n) is 5.77. The molecular formula is C19H17ClF3NO5. The molecule has 0 saturated heterocycles. The van der Waals surface area contributed by atoms with Crippen LogP contribution in [-0.2, 0) is 15.7 Å². The van der Waals surface area contributed by atoms with Gasteiger partial charge in [0, 0.05) is 0 Å². The summed E-state index contributed by atoms with van der Waals surface area (Å²) in [4.78, 5) is 24.5. The van der Waals surface area contributed by atoms with Crippen molar-refractivity contribution in [3.8, 4) is 11.5 Å². The van der Waals surface area contributed by atoms with Gasteiger partial charge in [-0.05, 0) is 31.2 Å². The van der Waals surface area contributed by atoms with Gasteiger partial charge in [-0.1, -0.05) is 23.7 Å². The van der Waals surface area contributed by atoms with Crippen LogP contribution in [0.5, 0.6) is 11.5 Å². The molecule has 0 bridgehead atoms. The highest BCUT2D eigenvalue weighted by atomic mass is 35.5. The molecule has 0 radical (unpaired) electrons. The van der Waals surface area contributed by atoms with Gasteiger partial charge in [0.2, 0.25) is 0 Å². The third-order valence-corrected chi connectivity index (χ3v) is 4.09. The Labute approximate surface area is 169 Å². The Balaban J connectivity index is 2.15. The van der Waals surface area contributed by atoms with Gasteiger partial charge in [0.05, 0.1) is 36.1 Å². The Hall–Kier alpha value is -2.94. The fraction of sp³-hybridized carbons (Fsp3) is 0.263. The number of carbonyl (C=O) groups is 2. The lowest BCUT2D eigenvalue weighted by Gasteiger charge is -2.17. The van der Waals surface area contributed by atoms with Crippen LogP contribution < -0.4 is 14.8 Å². The van der Waals surface area contributed by atoms with Crippen LogP contribution in [0.2, 0.25) is 5.02 Å². The minimum absolute atomic E-state index is 0.0250. The molecule has 1 unspecified atom stereocenters. The van der Waals surface area contributed by atoms with Crippen molar-refractivity contribution in [1.29, 1.82) is 0 Å². The number of amides is 1. The molecule has 2 aromatic rings. The molecule has 10 heteroatoms. The van der Waals surface area contributed by atoms with Crippen molar-refractivity contribution in [2.75, 3.05) is 19.5 Å². The maximum atomic E-state index is 13.0. The van der Waals surface area contributed by atoms with E-state index >= 15 is 0 Å². The summed E-state index contributed by atoms with van der Waals surface area (Å²) in [5.41, 5.74) is -1.48. The van der Waals surface area contributed by atoms with Crippen molar-refractivity contribution < 1.29 is 37.0 Å². The Morgan fingerprint density at radius 2 is 1.76 bits per heavy atom. The molecular weight excluding hydrogens is 415 g/mol. The predicted molar refractivity (Wildman–Crippen MR) is 99.5 cm³/mol. The fourth-order valence-electron chi connectivity index (χ4n) is 2.39. The summed E-state index contributed by atoms with van der Waals surface area (Å²) in [5.74, 6) is -1.47. The highest BCUT2D eigenvalue weighted by Crippen LogP contribution is 2.36. The van der Waals surface area contributed by atoms with E-state index in [4.69, 9.17) is 25.8 Å². The van der Waals surface area contributed by atoms with E-state index in [1.807, 2.05) is 0 Å². The van der Waals surface area contributed by atoms with Crippen molar-refractivity contribution in [2.45, 2.75) is 19.2 Å². The van der Waals surface area contributed by atoms with Crippen LogP contribution in [0, 0.1) is 0 Å². The molecule has 0 fully saturated rings. The number of halogens is 4. The third-order valence-electron chi connectivity index (χ3n) is 3.81. The number of benzene rings is 2. The van der Waals surface area contributed by atoms with E-state index in [0.717, 1.165) is 12.1 Å². The Kier molecular flexibility index (Phi) is 6.97. The molecule has 2 rings (SSSR count). The van der Waals surface area contributed by atoms with E-state index in [1.54, 1.807) is 0 Å². The van der Waals surface area contributed by atoms with Gasteiger partial charge >= 0.3 is 12.1 Å². The largest absolute Gasteiger partial charge is 0.493 e. The summed E-state index contributed by atoms with van der Waals surface area (Å²) in [7, 11) is 2.71. The first kappa shape index (κ1) is 22.4. The zero-order valence-corrected chi connectivity index (χ0v) is 16.4. The maximum Gasteiger partial charge on any atom is 0.418 e. The predicted octanol–water partition coefficient (Wildman–Crippen LogP) is 4.56. The van der Waals surface area contributed by atoms with Crippen LogP contribution in [-0.4, -0.2) is 32.2 Å². The van der Waals surface area contributed by atoms with Crippen molar-refractivity contribution in [3.05, 3.63) is 52.5 Å². The van der Waals surface area contributed by atoms with Crippen LogP contribution >= 0.6 is 11.6 Å². The van der Waals surface area contributed by atoms with E-state index in [9.17, 15) is 22.8 Å². The van der Waals surface area contributed by atoms with Gasteiger partial charge in [-0.15, -0.1) is 0 Å². The first-order valence-electron chi connectivity index (χ1n) is 8.18. The molecule has 1 amide bonds. The topological polar surface area (TPSA) is 73.9 Å². The molecule has 0 aromatic heterocycles. The zero-order chi connectivity index (χ0) is 21.8. The highest BCUT2D eigenvalue weighted by Gasteiger charge is 2.34. The summed E-state index contributed by atoms with van der Waals surface area (Å²) in [6.07, 6.45) is -6.03. The number of methoxy groups -OCH3 is 2. The van der Waals surface area contributed by atoms with Crippen LogP contribution in [0.15, 0.2) is 36.4 Å². The van der Waals surface area contributed by atoms with E-state index in [0.29, 0.717) is 0 Å². The molecule has 1 atom stereocenters. The number of hydrogen-bond donors (Lipinski definition) is 1. The molecule has 0 heterocycles. The van der Waals surface area contributed by atoms with Gasteiger partial charge in [-0.2, -0.15) is 13.2 Å². The van der Waals surface area contributed by atoms with E-state index in [-0.39, 0.29) is 22.1 Å². The Bertz CT molecular complexity index is 917. The van der Waals surface area contributed by atoms with E-state index in [1.165, 1.54) is 45.4 Å². The number of esters is 1. The summed E-state index contributed by atoms with van der Waals surface area (Å²) in [6.45, 7) is 1.23. The second kappa shape index (κ2) is 9.04. The number of ether oxygens (including phenoxy) is 3. The quantitative estimate of drug-likeness (QED) is 0.679. The number of hydrogen-bond acceptors (Lipinski definition) is 5. The molecule has 0 aliphatic heterocycles. The van der Waals surface area contributed by atoms with Crippen molar-refractivity contribution in [2.24, 2.45) is 0 Å². The SMILES string of the molecule is COc1cc(C(=O)OC(C)C(=O)Nc2ccccc2C(F)(F)F)cc(Cl)c1OC. The first-order valence-corrected chi connectivity index (χ1v) is 8.55. The Morgan fingerprint density at radius 1 is 1.10 bits per heavy atom. The van der Waals surface area contributed by atoms with Crippen LogP contribution in [0.4, 0.5) is 18.9 Å². The second-order valence-corrected chi connectivity index (χ2v) is 6.18. The van der Waals surface area contributed by atoms with Gasteiger partial charge in [-0.3, -0.25) is 4.79 Å². The number of carbonyl (C=O) groups excluding carboxylic acids is 2. The molecule has 0 spiro atoms. The molecule has 0 saturated carbocycles. The van der Waals surface area contributed by atoms with Crippen molar-refractivity contribution in [3.63, 3.8) is 0 Å². The lowest BCUT2D eigenvalue weighted by atomic mass is 10.1. The van der Waals surface area contributed by atoms with Crippen LogP contribution in [0.25, 0.3) is 0 Å². The lowest BCUT2D eigenvalue weighted by Crippen LogP contribution is -2.30. The smallest absolute Gasteiger partial charge is 0.418 e. The van der Waals surface area contributed by atoms with Gasteiger partial charge < -0.3 is 19.5 Å². The minimum Gasteiger partial charge on any atom is -0.493 e. The summed E-state index contributed by atoms with van der Waals surface area (Å²) in [5, 5.41) is 2.20. The van der Waals surface area contributed by atoms with Crippen molar-refractivity contribution in [1.82, 2.24) is 0 Å². The zero-order valence-electron chi connectivity index (χ0n) is 15.6. The third kappa shape index (κ3) is 5.32. The standard InChI is InChI=1S/C19H17ClF3NO5/c1-10(17(25)24-14-7-5-4-6-12(14)19(21,22)23)29-18(26)11-8-13(20)16(28-3)15(9-11)27-2/h4-10H,1-3H3,(H,24,25). The number of nitrogens with one attached hydrogen (secondary N) is 1. The monoisotopic (exact) mass is 431 g/mol. The summed E-state index contributed by atoms with van der Waals surface area (Å²) >= 11 is 6.03. The van der Waals surface area contributed by atoms with Gasteiger partial charge in [0.15, 0.2) is 17.6 Å². The van der Waals surface area contributed by atoms with Gasteiger partial charge in [-0.25, -0.2) is 4.79 Å². The molecule has 29 heavy (non-hydrogen) atoms. The fourth-order valence-corrected chi connectivity index (χ4v) is 2.68. The highest BCUT2D eigenvalue weighted by molar-refractivity contribution is 6.32. The maximum absolute atomic E-state index is 13.0. The number of para-hydroxylation sites is 1. The average Bonchev–Trinajstić information content (AvgIpc) is 2.66. The van der Waals surface area contributed by atoms with Crippen molar-refractivity contribution >= 4 is 29.2 Å². The number of rotatable bonds is 6. The molecule has 0 aliphatic rings. The Morgan fingerprint density at radius 3 is 2.34 bits per heavy atom. The van der Waals surface area contributed by atoms with Crippen LogP contribution in [0.1, 0.15) is 22.8 Å². The first-order chi connectivity index (χ1) is 13.6. The number of anilines is 1. The molecule has 2 aromatic carbocycles. The van der Waals surface area contributed by atoms with Crippen LogP contribution in [0.3, 0.4) is 0 Å². The van der Waals surface area contributed by atoms with E-state index in [2.05, 4.69) is 5.32 Å². The van der Waals surface area contributed by atoms with E-state index < -0.39 is 35.4 Å². The minimum atomic E-state index is -4.65. The lowest BCUT2D eigenvalue weighted by molar-refractivity contribution is -0.137. The molecule has 6 nitrogen and oxygen atoms in total. The normalized spacial score (nSPS) is 12.1. The summed E-state index contributed by atoms with van der Waals surface area (Å²) in [6, 6.07) is 7.03. The molecule has 156 valence electrons. The van der Waals surface area contributed by atoms with Gasteiger partial charge in [0.25, 0.3) is 5.91 Å². The molecule has 0 aliphatic carbocycles. The summed E-state index contributed by atoms with van der Waals surface area (Å²) < 4.78 is 54.3.